The molecule has 2 heterocycles. The van der Waals surface area contributed by atoms with Gasteiger partial charge in [-0.2, -0.15) is 0 Å². The fourth-order valence-electron chi connectivity index (χ4n) is 2.45. The Morgan fingerprint density at radius 1 is 1.32 bits per heavy atom. The molecule has 19 heavy (non-hydrogen) atoms. The van der Waals surface area contributed by atoms with E-state index in [4.69, 9.17) is 5.11 Å². The van der Waals surface area contributed by atoms with Crippen LogP contribution in [0.15, 0.2) is 30.3 Å². The molecule has 100 valence electrons. The Morgan fingerprint density at radius 2 is 2.05 bits per heavy atom. The van der Waals surface area contributed by atoms with Crippen LogP contribution in [0.3, 0.4) is 0 Å². The van der Waals surface area contributed by atoms with E-state index in [1.54, 1.807) is 5.01 Å². The number of hydrogen-bond donors (Lipinski definition) is 4. The molecule has 0 aromatic heterocycles. The highest BCUT2D eigenvalue weighted by Gasteiger charge is 2.45. The van der Waals surface area contributed by atoms with Gasteiger partial charge in [-0.25, -0.2) is 10.2 Å². The van der Waals surface area contributed by atoms with E-state index in [1.165, 1.54) is 0 Å². The third-order valence-corrected chi connectivity index (χ3v) is 3.38. The highest BCUT2D eigenvalue weighted by molar-refractivity contribution is 5.87. The Balaban J connectivity index is 1.86. The summed E-state index contributed by atoms with van der Waals surface area (Å²) in [5.41, 5.74) is 4.01. The van der Waals surface area contributed by atoms with Crippen LogP contribution in [0.25, 0.3) is 0 Å². The van der Waals surface area contributed by atoms with Crippen molar-refractivity contribution in [2.45, 2.75) is 12.3 Å². The monoisotopic (exact) mass is 262 g/mol. The second-order valence-corrected chi connectivity index (χ2v) is 4.57. The molecule has 0 radical (unpaired) electrons. The third-order valence-electron chi connectivity index (χ3n) is 3.38. The van der Waals surface area contributed by atoms with Gasteiger partial charge in [0.05, 0.1) is 11.6 Å². The number of carbonyl (C=O) groups is 2. The highest BCUT2D eigenvalue weighted by Crippen LogP contribution is 2.24. The van der Waals surface area contributed by atoms with Crippen LogP contribution in [-0.2, 0) is 9.59 Å². The molecule has 1 amide bonds. The number of nitrogens with zero attached hydrogens (tertiary/aromatic N) is 1. The predicted octanol–water partition coefficient (Wildman–Crippen LogP) is -0.916. The van der Waals surface area contributed by atoms with E-state index in [1.807, 2.05) is 30.3 Å². The van der Waals surface area contributed by atoms with Crippen LogP contribution >= 0.6 is 0 Å². The van der Waals surface area contributed by atoms with Gasteiger partial charge in [0, 0.05) is 6.54 Å². The molecule has 0 aliphatic carbocycles. The Labute approximate surface area is 109 Å². The van der Waals surface area contributed by atoms with Gasteiger partial charge >= 0.3 is 5.97 Å². The maximum Gasteiger partial charge on any atom is 0.341 e. The van der Waals surface area contributed by atoms with Crippen molar-refractivity contribution in [1.82, 2.24) is 16.1 Å². The van der Waals surface area contributed by atoms with Crippen LogP contribution in [-0.4, -0.2) is 35.9 Å². The molecule has 3 atom stereocenters. The van der Waals surface area contributed by atoms with Gasteiger partial charge in [-0.05, 0) is 12.1 Å². The zero-order chi connectivity index (χ0) is 13.4. The number of amides is 1. The molecule has 1 aromatic rings. The molecule has 3 unspecified atom stereocenters. The van der Waals surface area contributed by atoms with E-state index in [0.29, 0.717) is 6.54 Å². The summed E-state index contributed by atoms with van der Waals surface area (Å²) in [6.07, 6.45) is -1.42. The van der Waals surface area contributed by atoms with Crippen LogP contribution in [0.2, 0.25) is 0 Å². The van der Waals surface area contributed by atoms with Gasteiger partial charge in [0.15, 0.2) is 6.17 Å². The molecule has 2 fully saturated rings. The number of carbonyl (C=O) groups excluding carboxylic acids is 1. The first kappa shape index (κ1) is 11.9. The average Bonchev–Trinajstić information content (AvgIpc) is 2.84. The molecule has 2 aliphatic rings. The number of aliphatic carboxylic acids is 1. The number of nitrogens with one attached hydrogen (secondary N) is 3. The van der Waals surface area contributed by atoms with Gasteiger partial charge in [-0.15, -0.1) is 0 Å². The van der Waals surface area contributed by atoms with Crippen LogP contribution in [0, 0.1) is 5.92 Å². The summed E-state index contributed by atoms with van der Waals surface area (Å²) in [5.74, 6) is -1.65. The second-order valence-electron chi connectivity index (χ2n) is 4.57. The van der Waals surface area contributed by atoms with Crippen molar-refractivity contribution in [3.63, 3.8) is 0 Å². The molecule has 4 N–H and O–H groups in total. The van der Waals surface area contributed by atoms with Crippen molar-refractivity contribution in [1.29, 1.82) is 0 Å². The SMILES string of the molecule is O=C(O)C1NC(=O)C2CNN(c3ccccc3)C2N1. The minimum atomic E-state index is -1.09. The number of hydrazine groups is 1. The molecule has 1 aromatic carbocycles. The van der Waals surface area contributed by atoms with Crippen molar-refractivity contribution < 1.29 is 14.7 Å². The molecule has 2 saturated heterocycles. The Morgan fingerprint density at radius 3 is 2.74 bits per heavy atom. The summed E-state index contributed by atoms with van der Waals surface area (Å²) < 4.78 is 0. The number of carboxylic acid groups (broad SMARTS) is 1. The fourth-order valence-corrected chi connectivity index (χ4v) is 2.45. The van der Waals surface area contributed by atoms with Gasteiger partial charge in [0.2, 0.25) is 5.91 Å². The van der Waals surface area contributed by atoms with E-state index in [0.717, 1.165) is 5.69 Å². The first-order chi connectivity index (χ1) is 9.16. The van der Waals surface area contributed by atoms with Crippen LogP contribution in [0.5, 0.6) is 0 Å². The lowest BCUT2D eigenvalue weighted by atomic mass is 10.0. The van der Waals surface area contributed by atoms with Crippen molar-refractivity contribution in [3.05, 3.63) is 30.3 Å². The minimum absolute atomic E-state index is 0.248. The summed E-state index contributed by atoms with van der Waals surface area (Å²) in [7, 11) is 0. The lowest BCUT2D eigenvalue weighted by molar-refractivity contribution is -0.146. The molecule has 2 aliphatic heterocycles. The van der Waals surface area contributed by atoms with Gasteiger partial charge in [-0.3, -0.25) is 15.1 Å². The number of fused-ring (bicyclic) bond motifs is 1. The van der Waals surface area contributed by atoms with Gasteiger partial charge in [-0.1, -0.05) is 18.2 Å². The lowest BCUT2D eigenvalue weighted by Gasteiger charge is -2.35. The minimum Gasteiger partial charge on any atom is -0.479 e. The normalized spacial score (nSPS) is 29.8. The fraction of sp³-hybridized carbons (Fsp3) is 0.333. The first-order valence-corrected chi connectivity index (χ1v) is 6.04. The summed E-state index contributed by atoms with van der Waals surface area (Å²) >= 11 is 0. The molecule has 0 bridgehead atoms. The Kier molecular flexibility index (Phi) is 2.84. The van der Waals surface area contributed by atoms with Crippen molar-refractivity contribution >= 4 is 17.6 Å². The summed E-state index contributed by atoms with van der Waals surface area (Å²) in [4.78, 5) is 22.9. The van der Waals surface area contributed by atoms with E-state index in [9.17, 15) is 9.59 Å². The highest BCUT2D eigenvalue weighted by atomic mass is 16.4. The van der Waals surface area contributed by atoms with Gasteiger partial charge < -0.3 is 10.4 Å². The van der Waals surface area contributed by atoms with Crippen molar-refractivity contribution in [3.8, 4) is 0 Å². The van der Waals surface area contributed by atoms with Gasteiger partial charge in [0.25, 0.3) is 0 Å². The average molecular weight is 262 g/mol. The van der Waals surface area contributed by atoms with E-state index in [-0.39, 0.29) is 18.0 Å². The molecule has 3 rings (SSSR count). The third kappa shape index (κ3) is 2.02. The molecule has 0 spiro atoms. The Bertz CT molecular complexity index is 507. The Hall–Kier alpha value is -2.12. The number of para-hydroxylation sites is 1. The zero-order valence-electron chi connectivity index (χ0n) is 10.0. The lowest BCUT2D eigenvalue weighted by Crippen LogP contribution is -2.66. The molecule has 7 heteroatoms. The smallest absolute Gasteiger partial charge is 0.341 e. The number of rotatable bonds is 2. The maximum absolute atomic E-state index is 11.9. The summed E-state index contributed by atoms with van der Waals surface area (Å²) in [6, 6.07) is 9.49. The second kappa shape index (κ2) is 4.52. The number of anilines is 1. The van der Waals surface area contributed by atoms with E-state index >= 15 is 0 Å². The molecular formula is C12H14N4O3. The topological polar surface area (TPSA) is 93.7 Å². The predicted molar refractivity (Wildman–Crippen MR) is 66.9 cm³/mol. The van der Waals surface area contributed by atoms with Gasteiger partial charge in [0.1, 0.15) is 6.17 Å². The molecule has 7 nitrogen and oxygen atoms in total. The summed E-state index contributed by atoms with van der Waals surface area (Å²) in [6.45, 7) is 0.477. The van der Waals surface area contributed by atoms with Crippen molar-refractivity contribution in [2.24, 2.45) is 5.92 Å². The van der Waals surface area contributed by atoms with Crippen LogP contribution in [0.4, 0.5) is 5.69 Å². The first-order valence-electron chi connectivity index (χ1n) is 6.04. The maximum atomic E-state index is 11.9. The molecular weight excluding hydrogens is 248 g/mol. The van der Waals surface area contributed by atoms with E-state index < -0.39 is 12.1 Å². The van der Waals surface area contributed by atoms with Crippen molar-refractivity contribution in [2.75, 3.05) is 11.6 Å². The zero-order valence-corrected chi connectivity index (χ0v) is 10.0. The number of benzene rings is 1. The number of carboxylic acids is 1. The van der Waals surface area contributed by atoms with Crippen LogP contribution < -0.4 is 21.1 Å². The molecule has 0 saturated carbocycles. The van der Waals surface area contributed by atoms with Crippen LogP contribution in [0.1, 0.15) is 0 Å². The number of hydrogen-bond acceptors (Lipinski definition) is 5. The standard InChI is InChI=1S/C12H14N4O3/c17-11-8-6-13-16(7-4-2-1-3-5-7)10(8)14-9(15-11)12(18)19/h1-5,8-10,13-14H,6H2,(H,15,17)(H,18,19). The van der Waals surface area contributed by atoms with E-state index in [2.05, 4.69) is 16.1 Å². The largest absolute Gasteiger partial charge is 0.479 e. The summed E-state index contributed by atoms with van der Waals surface area (Å²) in [5, 5.41) is 16.2. The quantitative estimate of drug-likeness (QED) is 0.551.